The molecule has 0 N–H and O–H groups in total. The van der Waals surface area contributed by atoms with Crippen molar-refractivity contribution in [1.82, 2.24) is 0 Å². The van der Waals surface area contributed by atoms with Crippen LogP contribution in [0.5, 0.6) is 0 Å². The molecule has 0 bridgehead atoms. The zero-order valence-corrected chi connectivity index (χ0v) is 11.2. The number of hydrogen-bond acceptors (Lipinski definition) is 4. The van der Waals surface area contributed by atoms with Crippen LogP contribution in [0.3, 0.4) is 0 Å². The molecule has 1 rings (SSSR count). The van der Waals surface area contributed by atoms with Gasteiger partial charge in [0, 0.05) is 10.8 Å². The number of hydrogen-bond donors (Lipinski definition) is 0. The summed E-state index contributed by atoms with van der Waals surface area (Å²) >= 11 is 5.94. The van der Waals surface area contributed by atoms with Crippen molar-refractivity contribution in [2.75, 3.05) is 0 Å². The minimum absolute atomic E-state index is 0.517. The first-order chi connectivity index (χ1) is 7.83. The number of thioether (sulfide) groups is 1. The van der Waals surface area contributed by atoms with Gasteiger partial charge in [-0.2, -0.15) is 10.3 Å². The number of thiocyanates is 1. The van der Waals surface area contributed by atoms with Gasteiger partial charge in [0.25, 0.3) is 0 Å². The molecular formula is C12H16N2S2. The summed E-state index contributed by atoms with van der Waals surface area (Å²) < 4.78 is 0. The molecule has 0 aromatic heterocycles. The van der Waals surface area contributed by atoms with Gasteiger partial charge in [0.2, 0.25) is 0 Å². The van der Waals surface area contributed by atoms with Crippen LogP contribution in [-0.2, 0) is 0 Å². The molecule has 86 valence electrons. The maximum atomic E-state index is 8.82. The lowest BCUT2D eigenvalue weighted by molar-refractivity contribution is 0.364. The Labute approximate surface area is 107 Å². The largest absolute Gasteiger partial charge is 0.198 e. The number of isothiocyanates is 1. The Morgan fingerprint density at radius 2 is 2.31 bits per heavy atom. The molecule has 0 unspecified atom stereocenters. The summed E-state index contributed by atoms with van der Waals surface area (Å²) in [6.07, 6.45) is 6.80. The fourth-order valence-electron chi connectivity index (χ4n) is 1.74. The first kappa shape index (κ1) is 13.4. The summed E-state index contributed by atoms with van der Waals surface area (Å²) in [5.74, 6) is 0.517. The predicted octanol–water partition coefficient (Wildman–Crippen LogP) is 4.51. The van der Waals surface area contributed by atoms with Crippen molar-refractivity contribution in [2.24, 2.45) is 10.9 Å². The minimum atomic E-state index is 0.517. The van der Waals surface area contributed by atoms with Gasteiger partial charge in [-0.05, 0) is 49.7 Å². The second kappa shape index (κ2) is 7.62. The second-order valence-electron chi connectivity index (χ2n) is 3.94. The van der Waals surface area contributed by atoms with Gasteiger partial charge in [-0.3, -0.25) is 0 Å². The summed E-state index contributed by atoms with van der Waals surface area (Å²) in [4.78, 5) is 5.29. The first-order valence-corrected chi connectivity index (χ1v) is 6.92. The van der Waals surface area contributed by atoms with E-state index < -0.39 is 0 Å². The lowest BCUT2D eigenvalue weighted by Gasteiger charge is -2.26. The van der Waals surface area contributed by atoms with E-state index >= 15 is 0 Å². The fraction of sp³-hybridized carbons (Fsp3) is 0.667. The van der Waals surface area contributed by atoms with E-state index in [-0.39, 0.29) is 0 Å². The lowest BCUT2D eigenvalue weighted by atomic mass is 9.82. The SMILES string of the molecule is CCCC/C(SC#N)=C(\N=C=S)C1CCC1. The smallest absolute Gasteiger partial charge is 0.138 e. The maximum Gasteiger partial charge on any atom is 0.138 e. The Bertz CT molecular complexity index is 345. The second-order valence-corrected chi connectivity index (χ2v) is 5.00. The summed E-state index contributed by atoms with van der Waals surface area (Å²) in [6, 6.07) is 0. The molecule has 4 heteroatoms. The van der Waals surface area contributed by atoms with E-state index in [1.54, 1.807) is 0 Å². The van der Waals surface area contributed by atoms with Gasteiger partial charge in [0.15, 0.2) is 0 Å². The molecule has 0 spiro atoms. The molecule has 0 aromatic carbocycles. The zero-order valence-electron chi connectivity index (χ0n) is 9.53. The number of nitriles is 1. The summed E-state index contributed by atoms with van der Waals surface area (Å²) in [5.41, 5.74) is 1.03. The molecule has 16 heavy (non-hydrogen) atoms. The molecule has 0 amide bonds. The number of nitrogens with zero attached hydrogens (tertiary/aromatic N) is 2. The molecular weight excluding hydrogens is 236 g/mol. The van der Waals surface area contributed by atoms with Gasteiger partial charge >= 0.3 is 0 Å². The Morgan fingerprint density at radius 1 is 1.56 bits per heavy atom. The highest BCUT2D eigenvalue weighted by Crippen LogP contribution is 2.39. The van der Waals surface area contributed by atoms with Crippen LogP contribution in [-0.4, -0.2) is 5.16 Å². The molecule has 0 atom stereocenters. The lowest BCUT2D eigenvalue weighted by Crippen LogP contribution is -2.14. The number of thiocarbonyl (C=S) groups is 1. The predicted molar refractivity (Wildman–Crippen MR) is 72.1 cm³/mol. The van der Waals surface area contributed by atoms with E-state index in [0.717, 1.165) is 29.9 Å². The standard InChI is InChI=1S/C12H16N2S2/c1-2-3-7-11(16-8-13)12(14-9-15)10-5-4-6-10/h10H,2-7H2,1H3/b12-11+. The van der Waals surface area contributed by atoms with Crippen LogP contribution in [0, 0.1) is 16.6 Å². The third-order valence-corrected chi connectivity index (χ3v) is 3.71. The molecule has 1 saturated carbocycles. The van der Waals surface area contributed by atoms with Crippen molar-refractivity contribution in [2.45, 2.75) is 45.4 Å². The van der Waals surface area contributed by atoms with Gasteiger partial charge in [0.1, 0.15) is 5.40 Å². The quantitative estimate of drug-likeness (QED) is 0.396. The highest BCUT2D eigenvalue weighted by molar-refractivity contribution is 8.07. The highest BCUT2D eigenvalue weighted by Gasteiger charge is 2.24. The van der Waals surface area contributed by atoms with E-state index in [9.17, 15) is 0 Å². The Balaban J connectivity index is 2.86. The Kier molecular flexibility index (Phi) is 6.40. The molecule has 1 aliphatic carbocycles. The van der Waals surface area contributed by atoms with Crippen molar-refractivity contribution < 1.29 is 0 Å². The van der Waals surface area contributed by atoms with Crippen molar-refractivity contribution in [1.29, 1.82) is 5.26 Å². The van der Waals surface area contributed by atoms with Crippen molar-refractivity contribution in [3.8, 4) is 5.40 Å². The number of unbranched alkanes of at least 4 members (excludes halogenated alkanes) is 1. The summed E-state index contributed by atoms with van der Waals surface area (Å²) in [5, 5.41) is 13.4. The number of aliphatic imine (C=N–C) groups is 1. The Morgan fingerprint density at radius 3 is 2.75 bits per heavy atom. The number of rotatable bonds is 6. The molecule has 0 radical (unpaired) electrons. The highest BCUT2D eigenvalue weighted by atomic mass is 32.2. The van der Waals surface area contributed by atoms with Gasteiger partial charge in [-0.1, -0.05) is 19.8 Å². The van der Waals surface area contributed by atoms with Gasteiger partial charge in [-0.15, -0.1) is 0 Å². The van der Waals surface area contributed by atoms with E-state index in [4.69, 9.17) is 17.5 Å². The summed E-state index contributed by atoms with van der Waals surface area (Å²) in [6.45, 7) is 2.15. The topological polar surface area (TPSA) is 36.1 Å². The van der Waals surface area contributed by atoms with Crippen LogP contribution in [0.4, 0.5) is 0 Å². The third kappa shape index (κ3) is 3.75. The average Bonchev–Trinajstić information content (AvgIpc) is 2.21. The molecule has 0 saturated heterocycles. The van der Waals surface area contributed by atoms with E-state index in [2.05, 4.69) is 22.5 Å². The molecule has 0 aliphatic heterocycles. The average molecular weight is 252 g/mol. The van der Waals surface area contributed by atoms with Crippen molar-refractivity contribution >= 4 is 29.1 Å². The zero-order chi connectivity index (χ0) is 11.8. The van der Waals surface area contributed by atoms with Crippen LogP contribution < -0.4 is 0 Å². The van der Waals surface area contributed by atoms with Crippen LogP contribution in [0.1, 0.15) is 45.4 Å². The van der Waals surface area contributed by atoms with Crippen LogP contribution in [0.25, 0.3) is 0 Å². The van der Waals surface area contributed by atoms with E-state index in [1.807, 2.05) is 0 Å². The Hall–Kier alpha value is -0.620. The fourth-order valence-corrected chi connectivity index (χ4v) is 2.51. The molecule has 1 fully saturated rings. The normalized spacial score (nSPS) is 16.8. The monoisotopic (exact) mass is 252 g/mol. The molecule has 0 aromatic rings. The first-order valence-electron chi connectivity index (χ1n) is 5.70. The summed E-state index contributed by atoms with van der Waals surface area (Å²) in [7, 11) is 0. The molecule has 1 aliphatic rings. The third-order valence-electron chi connectivity index (χ3n) is 2.87. The van der Waals surface area contributed by atoms with Crippen molar-refractivity contribution in [3.63, 3.8) is 0 Å². The van der Waals surface area contributed by atoms with E-state index in [0.29, 0.717) is 5.92 Å². The molecule has 2 nitrogen and oxygen atoms in total. The van der Waals surface area contributed by atoms with Crippen molar-refractivity contribution in [3.05, 3.63) is 10.6 Å². The number of allylic oxidation sites excluding steroid dienone is 2. The van der Waals surface area contributed by atoms with Gasteiger partial charge in [0.05, 0.1) is 10.9 Å². The molecule has 0 heterocycles. The van der Waals surface area contributed by atoms with Crippen LogP contribution in [0.15, 0.2) is 15.6 Å². The van der Waals surface area contributed by atoms with Crippen LogP contribution >= 0.6 is 24.0 Å². The van der Waals surface area contributed by atoms with Gasteiger partial charge < -0.3 is 0 Å². The maximum absolute atomic E-state index is 8.82. The minimum Gasteiger partial charge on any atom is -0.198 e. The van der Waals surface area contributed by atoms with Crippen LogP contribution in [0.2, 0.25) is 0 Å². The van der Waals surface area contributed by atoms with E-state index in [1.165, 1.54) is 31.0 Å². The van der Waals surface area contributed by atoms with Gasteiger partial charge in [-0.25, -0.2) is 0 Å².